The molecule has 0 radical (unpaired) electrons. The summed E-state index contributed by atoms with van der Waals surface area (Å²) in [7, 11) is 0. The lowest BCUT2D eigenvalue weighted by molar-refractivity contribution is -0.140. The molecule has 0 aromatic rings. The molecule has 0 bridgehead atoms. The van der Waals surface area contributed by atoms with E-state index in [0.29, 0.717) is 37.9 Å². The normalized spacial score (nSPS) is 13.0. The van der Waals surface area contributed by atoms with Crippen molar-refractivity contribution < 1.29 is 49.5 Å². The van der Waals surface area contributed by atoms with Gasteiger partial charge in [-0.1, -0.05) is 90.8 Å². The van der Waals surface area contributed by atoms with Crippen LogP contribution in [0, 0.1) is 0 Å². The Kier molecular flexibility index (Phi) is 51.3. The van der Waals surface area contributed by atoms with Crippen molar-refractivity contribution in [3.63, 3.8) is 0 Å². The monoisotopic (exact) mass is 815 g/mol. The maximum absolute atomic E-state index is 10.3. The molecule has 0 aromatic carbocycles. The lowest BCUT2D eigenvalue weighted by Gasteiger charge is -2.07. The van der Waals surface area contributed by atoms with Gasteiger partial charge in [0, 0.05) is 0 Å². The van der Waals surface area contributed by atoms with Gasteiger partial charge in [-0.05, 0) is 62.2 Å². The van der Waals surface area contributed by atoms with Gasteiger partial charge in [-0.15, -0.1) is 0 Å². The lowest BCUT2D eigenvalue weighted by Crippen LogP contribution is -2.30. The second kappa shape index (κ2) is 44.1. The first kappa shape index (κ1) is 58.2. The third kappa shape index (κ3) is 46.9. The third-order valence-electron chi connectivity index (χ3n) is 6.32. The van der Waals surface area contributed by atoms with E-state index >= 15 is 0 Å². The van der Waals surface area contributed by atoms with E-state index in [9.17, 15) is 24.0 Å². The van der Waals surface area contributed by atoms with Crippen LogP contribution in [0.4, 0.5) is 0 Å². The largest absolute Gasteiger partial charge is 0.480 e. The first-order valence-corrected chi connectivity index (χ1v) is 19.3. The molecule has 0 heterocycles. The number of nitrogens with one attached hydrogen (secondary N) is 2. The average molecular weight is 816 g/mol. The van der Waals surface area contributed by atoms with E-state index in [4.69, 9.17) is 42.7 Å². The molecule has 50 heavy (non-hydrogen) atoms. The van der Waals surface area contributed by atoms with E-state index in [-0.39, 0.29) is 0 Å². The van der Waals surface area contributed by atoms with E-state index in [0.717, 1.165) is 75.7 Å². The Hall–Kier alpha value is -1.10. The molecule has 0 saturated carbocycles. The minimum atomic E-state index is -0.959. The fourth-order valence-corrected chi connectivity index (χ4v) is 4.38. The van der Waals surface area contributed by atoms with Gasteiger partial charge in [0.15, 0.2) is 0 Å². The molecule has 0 saturated heterocycles. The quantitative estimate of drug-likeness (QED) is 0.0463. The predicted octanol–water partition coefficient (Wildman–Crippen LogP) is 3.62. The summed E-state index contributed by atoms with van der Waals surface area (Å²) in [6.45, 7) is 3.96. The number of carboxylic acid groups (broad SMARTS) is 5. The third-order valence-corrected chi connectivity index (χ3v) is 7.83. The molecule has 2 unspecified atom stereocenters. The van der Waals surface area contributed by atoms with Crippen molar-refractivity contribution in [3.8, 4) is 0 Å². The van der Waals surface area contributed by atoms with Crippen molar-refractivity contribution >= 4 is 93.4 Å². The number of rotatable bonds is 25. The second-order valence-electron chi connectivity index (χ2n) is 10.8. The number of hydrogen-bond donors (Lipinski definition) is 15. The fraction of sp³-hybridized carbons (Fsp3) is 0.833. The SMILES string of the molecule is CCCC[C@H](NS)C(=O)O.CCC[C@H](NS)C(=O)O.NC(CCCCCCS)C(=O)O.NC(CCCCCS)C(=O)O.N[C@@H](CCS)C(=O)O. The maximum Gasteiger partial charge on any atom is 0.321 e. The smallest absolute Gasteiger partial charge is 0.321 e. The van der Waals surface area contributed by atoms with Crippen LogP contribution in [0.1, 0.15) is 110 Å². The Balaban J connectivity index is -0.000000170. The Morgan fingerprint density at radius 2 is 0.800 bits per heavy atom. The van der Waals surface area contributed by atoms with Gasteiger partial charge in [0.05, 0.1) is 0 Å². The molecule has 0 aliphatic carbocycles. The highest BCUT2D eigenvalue weighted by atomic mass is 32.1. The molecule has 5 atom stereocenters. The number of carbonyl (C=O) groups is 5. The van der Waals surface area contributed by atoms with Crippen molar-refractivity contribution in [1.29, 1.82) is 0 Å². The minimum Gasteiger partial charge on any atom is -0.480 e. The van der Waals surface area contributed by atoms with Crippen LogP contribution in [-0.2, 0) is 24.0 Å². The number of aliphatic carboxylic acids is 5. The average Bonchev–Trinajstić information content (AvgIpc) is 3.06. The van der Waals surface area contributed by atoms with Crippen LogP contribution in [0.25, 0.3) is 0 Å². The molecule has 300 valence electrons. The van der Waals surface area contributed by atoms with E-state index < -0.39 is 60.1 Å². The maximum atomic E-state index is 10.3. The second-order valence-corrected chi connectivity index (χ2v) is 12.7. The minimum absolute atomic E-state index is 0.429. The van der Waals surface area contributed by atoms with Gasteiger partial charge in [-0.3, -0.25) is 33.4 Å². The predicted molar refractivity (Wildman–Crippen MR) is 216 cm³/mol. The van der Waals surface area contributed by atoms with Crippen molar-refractivity contribution in [1.82, 2.24) is 9.44 Å². The van der Waals surface area contributed by atoms with Crippen LogP contribution < -0.4 is 26.6 Å². The lowest BCUT2D eigenvalue weighted by atomic mass is 10.1. The Bertz CT molecular complexity index is 841. The topological polar surface area (TPSA) is 289 Å². The van der Waals surface area contributed by atoms with E-state index in [1.165, 1.54) is 0 Å². The molecule has 0 aliphatic rings. The van der Waals surface area contributed by atoms with Crippen molar-refractivity contribution in [3.05, 3.63) is 0 Å². The van der Waals surface area contributed by atoms with Crippen LogP contribution in [0.3, 0.4) is 0 Å². The van der Waals surface area contributed by atoms with E-state index in [1.807, 2.05) is 13.8 Å². The van der Waals surface area contributed by atoms with Crippen LogP contribution in [-0.4, -0.2) is 103 Å². The highest BCUT2D eigenvalue weighted by Crippen LogP contribution is 2.06. The summed E-state index contributed by atoms with van der Waals surface area (Å²) in [4.78, 5) is 51.0. The van der Waals surface area contributed by atoms with Gasteiger partial charge in [0.1, 0.15) is 30.2 Å². The standard InChI is InChI=1S/C8H17NO2S.C7H15NO2S.C6H13NO2S.C5H11NO2S.C4H9NO2S/c9-7(8(10)11)5-3-1-2-4-6-12;8-6(7(9)10)4-2-1-3-5-11;1-2-3-4-5(7-10)6(8)9;1-2-3-4(6-9)5(7)8;5-3(1-2-8)4(6)7/h7,12H,1-6,9H2,(H,10,11);6,11H,1-5,8H2,(H,9,10);5,7,10H,2-4H2,1H3,(H,8,9);4,6,9H,2-3H2,1H3,(H,7,8);3,8H,1-2,5H2,(H,6,7)/t;;5-;4-;3-/m..000/s1. The molecule has 0 spiro atoms. The van der Waals surface area contributed by atoms with Crippen LogP contribution >= 0.6 is 63.5 Å². The summed E-state index contributed by atoms with van der Waals surface area (Å²) >= 11 is 19.3. The number of carboxylic acids is 5. The molecule has 0 aromatic heterocycles. The summed E-state index contributed by atoms with van der Waals surface area (Å²) < 4.78 is 4.83. The van der Waals surface area contributed by atoms with Gasteiger partial charge < -0.3 is 42.7 Å². The summed E-state index contributed by atoms with van der Waals surface area (Å²) in [5, 5.41) is 41.9. The molecule has 13 N–H and O–H groups in total. The van der Waals surface area contributed by atoms with Gasteiger partial charge in [0.2, 0.25) is 0 Å². The van der Waals surface area contributed by atoms with Gasteiger partial charge in [-0.2, -0.15) is 37.9 Å². The number of unbranched alkanes of at least 4 members (excludes halogenated alkanes) is 6. The number of thiol groups is 5. The first-order valence-electron chi connectivity index (χ1n) is 16.5. The van der Waals surface area contributed by atoms with Crippen molar-refractivity contribution in [2.75, 3.05) is 17.3 Å². The first-order chi connectivity index (χ1) is 23.5. The molecular formula is C30H65N5O10S5. The van der Waals surface area contributed by atoms with Crippen LogP contribution in [0.15, 0.2) is 0 Å². The molecule has 0 fully saturated rings. The molecule has 20 heteroatoms. The summed E-state index contributed by atoms with van der Waals surface area (Å²) in [5.74, 6) is -2.14. The van der Waals surface area contributed by atoms with Crippen molar-refractivity contribution in [2.45, 2.75) is 140 Å². The zero-order chi connectivity index (χ0) is 39.9. The summed E-state index contributed by atoms with van der Waals surface area (Å²) in [6, 6.07) is -3.11. The van der Waals surface area contributed by atoms with Gasteiger partial charge >= 0.3 is 29.8 Å². The highest BCUT2D eigenvalue weighted by molar-refractivity contribution is 7.80. The zero-order valence-electron chi connectivity index (χ0n) is 29.4. The van der Waals surface area contributed by atoms with Gasteiger partial charge in [-0.25, -0.2) is 0 Å². The molecule has 15 nitrogen and oxygen atoms in total. The highest BCUT2D eigenvalue weighted by Gasteiger charge is 2.14. The van der Waals surface area contributed by atoms with E-state index in [2.05, 4.69) is 73.0 Å². The van der Waals surface area contributed by atoms with Gasteiger partial charge in [0.25, 0.3) is 0 Å². The van der Waals surface area contributed by atoms with Crippen molar-refractivity contribution in [2.24, 2.45) is 17.2 Å². The molecule has 0 rings (SSSR count). The molecular weight excluding hydrogens is 751 g/mol. The Morgan fingerprint density at radius 1 is 0.460 bits per heavy atom. The Labute approximate surface area is 325 Å². The fourth-order valence-electron chi connectivity index (χ4n) is 3.18. The van der Waals surface area contributed by atoms with Crippen LogP contribution in [0.5, 0.6) is 0 Å². The Morgan fingerprint density at radius 3 is 1.04 bits per heavy atom. The summed E-state index contributed by atoms with van der Waals surface area (Å²) in [5.41, 5.74) is 15.7. The molecule has 0 aliphatic heterocycles. The molecule has 0 amide bonds. The van der Waals surface area contributed by atoms with Crippen LogP contribution in [0.2, 0.25) is 0 Å². The number of nitrogens with two attached hydrogens (primary N) is 3. The van der Waals surface area contributed by atoms with E-state index in [1.54, 1.807) is 0 Å². The summed E-state index contributed by atoms with van der Waals surface area (Å²) in [6.07, 6.45) is 12.8. The number of hydrogen-bond acceptors (Lipinski definition) is 15. The zero-order valence-corrected chi connectivity index (χ0v) is 33.8.